The van der Waals surface area contributed by atoms with Crippen LogP contribution in [0.1, 0.15) is 50.4 Å². The van der Waals surface area contributed by atoms with Gasteiger partial charge in [0.25, 0.3) is 5.56 Å². The number of allylic oxidation sites excluding steroid dienone is 1. The predicted octanol–water partition coefficient (Wildman–Crippen LogP) is 2.35. The molecule has 2 fully saturated rings. The van der Waals surface area contributed by atoms with Crippen molar-refractivity contribution in [1.82, 2.24) is 9.55 Å². The summed E-state index contributed by atoms with van der Waals surface area (Å²) in [6.45, 7) is 6.50. The van der Waals surface area contributed by atoms with Crippen molar-refractivity contribution in [1.29, 1.82) is 0 Å². The van der Waals surface area contributed by atoms with Gasteiger partial charge in [0.05, 0.1) is 11.1 Å². The number of anilines is 1. The zero-order chi connectivity index (χ0) is 20.1. The molecule has 3 aliphatic carbocycles. The lowest BCUT2D eigenvalue weighted by molar-refractivity contribution is -0.144. The Kier molecular flexibility index (Phi) is 4.81. The lowest BCUT2D eigenvalue weighted by atomic mass is 9.81. The number of nitrogens with zero attached hydrogens (tertiary/aromatic N) is 2. The van der Waals surface area contributed by atoms with Crippen LogP contribution in [0.15, 0.2) is 17.4 Å². The maximum absolute atomic E-state index is 12.6. The van der Waals surface area contributed by atoms with Gasteiger partial charge in [-0.2, -0.15) is 0 Å². The summed E-state index contributed by atoms with van der Waals surface area (Å²) in [6, 6.07) is 0. The highest BCUT2D eigenvalue weighted by molar-refractivity contribution is 5.78. The van der Waals surface area contributed by atoms with Crippen LogP contribution in [0.4, 0.5) is 5.82 Å². The second-order valence-corrected chi connectivity index (χ2v) is 8.99. The van der Waals surface area contributed by atoms with Crippen molar-refractivity contribution >= 4 is 11.8 Å². The monoisotopic (exact) mass is 386 g/mol. The number of aryl methyl sites for hydroxylation is 1. The average molecular weight is 386 g/mol. The number of hydrazine groups is 1. The van der Waals surface area contributed by atoms with Gasteiger partial charge in [0, 0.05) is 12.2 Å². The van der Waals surface area contributed by atoms with E-state index in [1.807, 2.05) is 0 Å². The molecule has 0 aromatic carbocycles. The molecule has 4 rings (SSSR count). The van der Waals surface area contributed by atoms with E-state index in [4.69, 9.17) is 5.84 Å². The maximum Gasteiger partial charge on any atom is 0.309 e. The van der Waals surface area contributed by atoms with E-state index >= 15 is 0 Å². The topological polar surface area (TPSA) is 110 Å². The molecule has 1 aromatic rings. The van der Waals surface area contributed by atoms with Gasteiger partial charge in [-0.3, -0.25) is 9.59 Å². The summed E-state index contributed by atoms with van der Waals surface area (Å²) in [5.74, 6) is 6.99. The van der Waals surface area contributed by atoms with Gasteiger partial charge < -0.3 is 15.1 Å². The first-order chi connectivity index (χ1) is 13.4. The van der Waals surface area contributed by atoms with E-state index in [9.17, 15) is 14.7 Å². The average Bonchev–Trinajstić information content (AvgIpc) is 3.55. The molecule has 7 heteroatoms. The van der Waals surface area contributed by atoms with Gasteiger partial charge in [0.15, 0.2) is 0 Å². The maximum atomic E-state index is 12.6. The third kappa shape index (κ3) is 3.15. The Labute approximate surface area is 165 Å². The summed E-state index contributed by atoms with van der Waals surface area (Å²) in [6.07, 6.45) is 8.29. The largest absolute Gasteiger partial charge is 0.481 e. The molecule has 0 amide bonds. The highest BCUT2D eigenvalue weighted by Crippen LogP contribution is 2.66. The Morgan fingerprint density at radius 1 is 1.54 bits per heavy atom. The summed E-state index contributed by atoms with van der Waals surface area (Å²) >= 11 is 0. The third-order valence-corrected chi connectivity index (χ3v) is 7.27. The van der Waals surface area contributed by atoms with E-state index in [0.29, 0.717) is 30.2 Å². The number of nitrogen functional groups attached to an aromatic ring is 1. The molecule has 2 saturated carbocycles. The summed E-state index contributed by atoms with van der Waals surface area (Å²) in [5, 5.41) is 9.53. The molecule has 0 saturated heterocycles. The number of rotatable bonds is 8. The summed E-state index contributed by atoms with van der Waals surface area (Å²) in [5.41, 5.74) is 3.77. The van der Waals surface area contributed by atoms with Gasteiger partial charge in [-0.15, -0.1) is 6.58 Å². The van der Waals surface area contributed by atoms with E-state index in [-0.39, 0.29) is 11.4 Å². The van der Waals surface area contributed by atoms with E-state index in [1.165, 1.54) is 0 Å². The minimum absolute atomic E-state index is 0.191. The predicted molar refractivity (Wildman–Crippen MR) is 107 cm³/mol. The molecule has 7 nitrogen and oxygen atoms in total. The lowest BCUT2D eigenvalue weighted by Crippen LogP contribution is -2.34. The smallest absolute Gasteiger partial charge is 0.309 e. The number of hydrogen-bond donors (Lipinski definition) is 3. The highest BCUT2D eigenvalue weighted by Gasteiger charge is 2.64. The number of carboxylic acids is 1. The molecule has 4 N–H and O–H groups in total. The van der Waals surface area contributed by atoms with Crippen molar-refractivity contribution in [3.63, 3.8) is 0 Å². The van der Waals surface area contributed by atoms with Gasteiger partial charge in [0.1, 0.15) is 0 Å². The fraction of sp³-hybridized carbons (Fsp3) is 0.667. The minimum Gasteiger partial charge on any atom is -0.481 e. The van der Waals surface area contributed by atoms with E-state index < -0.39 is 11.4 Å². The van der Waals surface area contributed by atoms with Gasteiger partial charge in [0.2, 0.25) is 5.82 Å². The number of aromatic nitrogens is 2. The van der Waals surface area contributed by atoms with E-state index in [0.717, 1.165) is 56.3 Å². The van der Waals surface area contributed by atoms with Crippen LogP contribution in [-0.4, -0.2) is 20.6 Å². The standard InChI is InChI=1S/C21H30N4O3/c1-3-8-25-17-10-13(4-5-16(17)23-18(24-22)19(25)26)9-12(2)14-11-15(14)21(6-7-21)20(27)28/h3,12-15H,1,4-11,22H2,2H3,(H,23,24)(H,27,28)/t12-,13?,14?,15?/m0/s1. The first kappa shape index (κ1) is 19.2. The Morgan fingerprint density at radius 2 is 2.29 bits per heavy atom. The second kappa shape index (κ2) is 7.03. The Bertz CT molecular complexity index is 858. The van der Waals surface area contributed by atoms with Crippen LogP contribution in [0.2, 0.25) is 0 Å². The normalized spacial score (nSPS) is 28.1. The fourth-order valence-electron chi connectivity index (χ4n) is 5.47. The molecule has 0 aliphatic heterocycles. The molecule has 0 radical (unpaired) electrons. The van der Waals surface area contributed by atoms with Crippen LogP contribution in [0.25, 0.3) is 0 Å². The SMILES string of the molecule is C=CCn1c2c(nc(NN)c1=O)CCC(C[C@H](C)C1CC1C1(C(=O)O)CC1)C2. The molecule has 4 atom stereocenters. The molecule has 152 valence electrons. The van der Waals surface area contributed by atoms with Gasteiger partial charge >= 0.3 is 5.97 Å². The van der Waals surface area contributed by atoms with E-state index in [2.05, 4.69) is 23.9 Å². The Balaban J connectivity index is 1.46. The zero-order valence-corrected chi connectivity index (χ0v) is 16.5. The first-order valence-corrected chi connectivity index (χ1v) is 10.3. The van der Waals surface area contributed by atoms with Crippen molar-refractivity contribution in [2.45, 2.75) is 58.4 Å². The summed E-state index contributed by atoms with van der Waals surface area (Å²) < 4.78 is 1.74. The molecule has 28 heavy (non-hydrogen) atoms. The van der Waals surface area contributed by atoms with E-state index in [1.54, 1.807) is 10.6 Å². The van der Waals surface area contributed by atoms with Gasteiger partial charge in [-0.05, 0) is 68.6 Å². The summed E-state index contributed by atoms with van der Waals surface area (Å²) in [4.78, 5) is 28.6. The number of carbonyl (C=O) groups is 1. The number of nitrogens with two attached hydrogens (primary N) is 1. The quantitative estimate of drug-likeness (QED) is 0.359. The molecule has 1 heterocycles. The van der Waals surface area contributed by atoms with Gasteiger partial charge in [-0.25, -0.2) is 10.8 Å². The van der Waals surface area contributed by atoms with Crippen LogP contribution < -0.4 is 16.8 Å². The van der Waals surface area contributed by atoms with Crippen LogP contribution in [-0.2, 0) is 24.2 Å². The van der Waals surface area contributed by atoms with Crippen molar-refractivity contribution in [3.05, 3.63) is 34.4 Å². The molecule has 3 unspecified atom stereocenters. The number of hydrogen-bond acceptors (Lipinski definition) is 5. The van der Waals surface area contributed by atoms with Crippen molar-refractivity contribution < 1.29 is 9.90 Å². The fourth-order valence-corrected chi connectivity index (χ4v) is 5.47. The van der Waals surface area contributed by atoms with Crippen molar-refractivity contribution in [2.24, 2.45) is 34.9 Å². The lowest BCUT2D eigenvalue weighted by Gasteiger charge is -2.29. The number of nitrogens with one attached hydrogen (secondary N) is 1. The van der Waals surface area contributed by atoms with Crippen LogP contribution in [0.3, 0.4) is 0 Å². The van der Waals surface area contributed by atoms with Crippen molar-refractivity contribution in [3.8, 4) is 0 Å². The first-order valence-electron chi connectivity index (χ1n) is 10.3. The van der Waals surface area contributed by atoms with Crippen LogP contribution in [0.5, 0.6) is 0 Å². The van der Waals surface area contributed by atoms with Crippen molar-refractivity contribution in [2.75, 3.05) is 5.43 Å². The number of fused-ring (bicyclic) bond motifs is 1. The number of carboxylic acid groups (broad SMARTS) is 1. The second-order valence-electron chi connectivity index (χ2n) is 8.99. The Morgan fingerprint density at radius 3 is 2.89 bits per heavy atom. The molecular weight excluding hydrogens is 356 g/mol. The zero-order valence-electron chi connectivity index (χ0n) is 16.5. The van der Waals surface area contributed by atoms with Gasteiger partial charge in [-0.1, -0.05) is 13.0 Å². The Hall–Kier alpha value is -2.15. The summed E-state index contributed by atoms with van der Waals surface area (Å²) in [7, 11) is 0. The van der Waals surface area contributed by atoms with Crippen LogP contribution >= 0.6 is 0 Å². The van der Waals surface area contributed by atoms with Crippen LogP contribution in [0, 0.1) is 29.1 Å². The molecular formula is C21H30N4O3. The molecule has 0 bridgehead atoms. The molecule has 0 spiro atoms. The highest BCUT2D eigenvalue weighted by atomic mass is 16.4. The molecule has 3 aliphatic rings. The third-order valence-electron chi connectivity index (χ3n) is 7.27. The minimum atomic E-state index is -0.595. The molecule has 1 aromatic heterocycles. The number of aliphatic carboxylic acids is 1.